The fraction of sp³-hybridized carbons (Fsp3) is 0.400. The summed E-state index contributed by atoms with van der Waals surface area (Å²) < 4.78 is 3.62. The second-order valence-corrected chi connectivity index (χ2v) is 3.81. The number of fused-ring (bicyclic) bond motifs is 1. The van der Waals surface area contributed by atoms with Gasteiger partial charge in [0.15, 0.2) is 5.49 Å². The normalized spacial score (nSPS) is 10.9. The molecule has 0 radical (unpaired) electrons. The molecule has 0 aromatic carbocycles. The van der Waals surface area contributed by atoms with Crippen molar-refractivity contribution in [1.29, 1.82) is 5.41 Å². The van der Waals surface area contributed by atoms with E-state index in [1.54, 1.807) is 17.2 Å². The van der Waals surface area contributed by atoms with Gasteiger partial charge in [-0.2, -0.15) is 0 Å². The van der Waals surface area contributed by atoms with Crippen LogP contribution < -0.4 is 5.49 Å². The Bertz CT molecular complexity index is 613. The summed E-state index contributed by atoms with van der Waals surface area (Å²) in [6.07, 6.45) is 3.84. The number of carbonyl (C=O) groups is 1. The Morgan fingerprint density at radius 3 is 2.94 bits per heavy atom. The lowest BCUT2D eigenvalue weighted by atomic mass is 10.3. The first-order chi connectivity index (χ1) is 8.09. The van der Waals surface area contributed by atoms with Crippen LogP contribution in [0.5, 0.6) is 0 Å². The van der Waals surface area contributed by atoms with Gasteiger partial charge in [-0.3, -0.25) is 10.2 Å². The van der Waals surface area contributed by atoms with E-state index in [9.17, 15) is 4.79 Å². The summed E-state index contributed by atoms with van der Waals surface area (Å²) in [5, 5.41) is 16.2. The van der Waals surface area contributed by atoms with Gasteiger partial charge in [-0.1, -0.05) is 0 Å². The fourth-order valence-electron chi connectivity index (χ4n) is 1.74. The summed E-state index contributed by atoms with van der Waals surface area (Å²) in [4.78, 5) is 18.5. The summed E-state index contributed by atoms with van der Waals surface area (Å²) >= 11 is 0. The highest BCUT2D eigenvalue weighted by Crippen LogP contribution is 2.08. The maximum absolute atomic E-state index is 10.4. The molecule has 0 saturated carbocycles. The molecule has 2 rings (SSSR count). The summed E-state index contributed by atoms with van der Waals surface area (Å²) in [7, 11) is 1.82. The molecule has 2 heterocycles. The largest absolute Gasteiger partial charge is 0.481 e. The first-order valence-electron chi connectivity index (χ1n) is 5.22. The monoisotopic (exact) mass is 235 g/mol. The van der Waals surface area contributed by atoms with Crippen LogP contribution in [-0.4, -0.2) is 30.2 Å². The molecule has 0 bridgehead atoms. The molecule has 2 aromatic rings. The minimum Gasteiger partial charge on any atom is -0.481 e. The molecule has 0 atom stereocenters. The first-order valence-corrected chi connectivity index (χ1v) is 5.22. The third-order valence-corrected chi connectivity index (χ3v) is 2.52. The third kappa shape index (κ3) is 2.17. The topological polar surface area (TPSA) is 96.8 Å². The van der Waals surface area contributed by atoms with Crippen molar-refractivity contribution in [3.63, 3.8) is 0 Å². The van der Waals surface area contributed by atoms with E-state index in [1.165, 1.54) is 0 Å². The smallest absolute Gasteiger partial charge is 0.303 e. The Labute approximate surface area is 96.9 Å². The molecule has 0 fully saturated rings. The van der Waals surface area contributed by atoms with Gasteiger partial charge in [0.2, 0.25) is 0 Å². The van der Waals surface area contributed by atoms with Crippen LogP contribution in [0.25, 0.3) is 11.2 Å². The molecular weight excluding hydrogens is 222 g/mol. The van der Waals surface area contributed by atoms with Crippen LogP contribution in [0.4, 0.5) is 0 Å². The molecule has 7 heteroatoms. The fourth-order valence-corrected chi connectivity index (χ4v) is 1.74. The number of aromatic nitrogens is 4. The highest BCUT2D eigenvalue weighted by atomic mass is 16.4. The van der Waals surface area contributed by atoms with E-state index >= 15 is 0 Å². The van der Waals surface area contributed by atoms with Crippen LogP contribution in [-0.2, 0) is 18.4 Å². The predicted molar refractivity (Wildman–Crippen MR) is 59.2 cm³/mol. The van der Waals surface area contributed by atoms with Gasteiger partial charge in [-0.25, -0.2) is 9.97 Å². The molecule has 0 aliphatic rings. The Hall–Kier alpha value is -2.18. The Kier molecular flexibility index (Phi) is 2.90. The average Bonchev–Trinajstić information content (AvgIpc) is 2.68. The van der Waals surface area contributed by atoms with Crippen molar-refractivity contribution in [3.05, 3.63) is 18.1 Å². The Morgan fingerprint density at radius 1 is 1.47 bits per heavy atom. The molecule has 0 spiro atoms. The van der Waals surface area contributed by atoms with E-state index in [0.717, 1.165) is 5.65 Å². The molecule has 2 aromatic heterocycles. The van der Waals surface area contributed by atoms with E-state index in [1.807, 2.05) is 11.6 Å². The number of nitrogens with zero attached hydrogens (tertiary/aromatic N) is 4. The summed E-state index contributed by atoms with van der Waals surface area (Å²) in [6.45, 7) is 0.570. The zero-order valence-electron chi connectivity index (χ0n) is 9.42. The standard InChI is InChI=1S/C10H13N5O2/c1-14-5-13-9(11)8-10(14)15(6-12-8)4-2-3-7(16)17/h5-6,11H,2-4H2,1H3,(H,16,17). The van der Waals surface area contributed by atoms with Gasteiger partial charge in [0.1, 0.15) is 11.2 Å². The van der Waals surface area contributed by atoms with Gasteiger partial charge >= 0.3 is 5.97 Å². The zero-order valence-corrected chi connectivity index (χ0v) is 9.42. The second kappa shape index (κ2) is 4.36. The Morgan fingerprint density at radius 2 is 2.24 bits per heavy atom. The van der Waals surface area contributed by atoms with Crippen LogP contribution in [0.15, 0.2) is 12.7 Å². The molecular formula is C10H13N5O2. The van der Waals surface area contributed by atoms with E-state index in [-0.39, 0.29) is 11.9 Å². The molecule has 0 unspecified atom stereocenters. The minimum atomic E-state index is -0.804. The predicted octanol–water partition coefficient (Wildman–Crippen LogP) is 0.114. The van der Waals surface area contributed by atoms with Gasteiger partial charge in [0.25, 0.3) is 0 Å². The summed E-state index contributed by atoms with van der Waals surface area (Å²) in [5.74, 6) is -0.804. The van der Waals surface area contributed by atoms with Crippen molar-refractivity contribution >= 4 is 17.1 Å². The molecule has 0 saturated heterocycles. The molecule has 90 valence electrons. The highest BCUT2D eigenvalue weighted by Gasteiger charge is 2.07. The zero-order chi connectivity index (χ0) is 12.4. The average molecular weight is 235 g/mol. The van der Waals surface area contributed by atoms with Crippen LogP contribution in [0.1, 0.15) is 12.8 Å². The SMILES string of the molecule is Cn1cnc(=N)c2ncn(CCCC(=O)O)c21. The maximum atomic E-state index is 10.4. The number of nitrogens with one attached hydrogen (secondary N) is 1. The number of aryl methyl sites for hydroxylation is 2. The van der Waals surface area contributed by atoms with Gasteiger partial charge < -0.3 is 14.2 Å². The number of carboxylic acids is 1. The number of carboxylic acid groups (broad SMARTS) is 1. The summed E-state index contributed by atoms with van der Waals surface area (Å²) in [6, 6.07) is 0. The molecule has 0 amide bonds. The molecule has 7 nitrogen and oxygen atoms in total. The van der Waals surface area contributed by atoms with Crippen molar-refractivity contribution in [2.75, 3.05) is 0 Å². The lowest BCUT2D eigenvalue weighted by Gasteiger charge is -2.06. The van der Waals surface area contributed by atoms with Gasteiger partial charge in [0, 0.05) is 20.0 Å². The van der Waals surface area contributed by atoms with E-state index in [4.69, 9.17) is 10.5 Å². The van der Waals surface area contributed by atoms with Crippen molar-refractivity contribution in [3.8, 4) is 0 Å². The second-order valence-electron chi connectivity index (χ2n) is 3.81. The molecule has 0 aliphatic carbocycles. The van der Waals surface area contributed by atoms with Crippen LogP contribution in [0.2, 0.25) is 0 Å². The van der Waals surface area contributed by atoms with Gasteiger partial charge in [0.05, 0.1) is 12.7 Å². The number of aliphatic carboxylic acids is 1. The molecule has 2 N–H and O–H groups in total. The quantitative estimate of drug-likeness (QED) is 0.786. The number of rotatable bonds is 4. The lowest BCUT2D eigenvalue weighted by molar-refractivity contribution is -0.137. The van der Waals surface area contributed by atoms with E-state index < -0.39 is 5.97 Å². The minimum absolute atomic E-state index is 0.127. The molecule has 0 aliphatic heterocycles. The van der Waals surface area contributed by atoms with E-state index in [2.05, 4.69) is 9.97 Å². The van der Waals surface area contributed by atoms with Gasteiger partial charge in [-0.15, -0.1) is 0 Å². The number of imidazole rings is 1. The van der Waals surface area contributed by atoms with Crippen molar-refractivity contribution < 1.29 is 9.90 Å². The maximum Gasteiger partial charge on any atom is 0.303 e. The van der Waals surface area contributed by atoms with Crippen molar-refractivity contribution in [1.82, 2.24) is 19.1 Å². The molecule has 17 heavy (non-hydrogen) atoms. The van der Waals surface area contributed by atoms with Crippen LogP contribution in [0.3, 0.4) is 0 Å². The van der Waals surface area contributed by atoms with Crippen molar-refractivity contribution in [2.24, 2.45) is 7.05 Å². The first kappa shape index (κ1) is 11.3. The van der Waals surface area contributed by atoms with E-state index in [0.29, 0.717) is 18.5 Å². The van der Waals surface area contributed by atoms with Crippen molar-refractivity contribution in [2.45, 2.75) is 19.4 Å². The lowest BCUT2D eigenvalue weighted by Crippen LogP contribution is -2.12. The van der Waals surface area contributed by atoms with Crippen LogP contribution in [0, 0.1) is 5.41 Å². The Balaban J connectivity index is 2.32. The van der Waals surface area contributed by atoms with Gasteiger partial charge in [-0.05, 0) is 6.42 Å². The summed E-state index contributed by atoms with van der Waals surface area (Å²) in [5.41, 5.74) is 1.45. The number of hydrogen-bond donors (Lipinski definition) is 2. The van der Waals surface area contributed by atoms with Crippen LogP contribution >= 0.6 is 0 Å². The highest BCUT2D eigenvalue weighted by molar-refractivity contribution is 5.69. The third-order valence-electron chi connectivity index (χ3n) is 2.52. The number of hydrogen-bond acceptors (Lipinski definition) is 4.